The monoisotopic (exact) mass is 676 g/mol. The molecule has 1 atom stereocenters. The van der Waals surface area contributed by atoms with Crippen LogP contribution in [0, 0.1) is 0 Å². The summed E-state index contributed by atoms with van der Waals surface area (Å²) in [5.41, 5.74) is 5.11. The van der Waals surface area contributed by atoms with Crippen molar-refractivity contribution in [3.05, 3.63) is 70.2 Å². The first-order valence-electron chi connectivity index (χ1n) is 15.2. The molecule has 4 aromatic rings. The highest BCUT2D eigenvalue weighted by Crippen LogP contribution is 2.42. The number of amides is 2. The van der Waals surface area contributed by atoms with Gasteiger partial charge in [0.1, 0.15) is 11.4 Å². The molecular weight excluding hydrogens is 643 g/mol. The molecule has 2 saturated heterocycles. The first-order chi connectivity index (χ1) is 22.8. The number of hydrogen-bond donors (Lipinski definition) is 3. The van der Waals surface area contributed by atoms with Gasteiger partial charge in [-0.3, -0.25) is 24.5 Å². The molecule has 2 aliphatic heterocycles. The number of carbonyl (C=O) groups is 2. The Balaban J connectivity index is 1.24. The minimum absolute atomic E-state index is 0.0187. The molecule has 0 bridgehead atoms. The van der Waals surface area contributed by atoms with Crippen LogP contribution in [-0.2, 0) is 22.7 Å². The van der Waals surface area contributed by atoms with Crippen LogP contribution in [0.2, 0.25) is 10.0 Å². The number of nitrogens with one attached hydrogen (secondary N) is 3. The van der Waals surface area contributed by atoms with E-state index < -0.39 is 0 Å². The van der Waals surface area contributed by atoms with Crippen molar-refractivity contribution in [3.8, 4) is 45.4 Å². The normalized spacial score (nSPS) is 16.6. The van der Waals surface area contributed by atoms with E-state index in [0.29, 0.717) is 113 Å². The lowest BCUT2D eigenvalue weighted by Gasteiger charge is -2.26. The number of methoxy groups -OCH3 is 2. The Kier molecular flexibility index (Phi) is 10.1. The molecule has 0 aliphatic carbocycles. The Morgan fingerprint density at radius 1 is 0.872 bits per heavy atom. The average molecular weight is 678 g/mol. The molecule has 0 radical (unpaired) electrons. The minimum atomic E-state index is -0.0187. The number of benzene rings is 2. The summed E-state index contributed by atoms with van der Waals surface area (Å²) in [4.78, 5) is 44.0. The average Bonchev–Trinajstić information content (AvgIpc) is 3.50. The van der Waals surface area contributed by atoms with Gasteiger partial charge in [0, 0.05) is 67.4 Å². The number of ether oxygens (including phenoxy) is 2. The van der Waals surface area contributed by atoms with Crippen LogP contribution in [0.5, 0.6) is 11.8 Å². The lowest BCUT2D eigenvalue weighted by atomic mass is 9.98. The van der Waals surface area contributed by atoms with Crippen molar-refractivity contribution in [3.63, 3.8) is 0 Å². The Labute approximate surface area is 282 Å². The lowest BCUT2D eigenvalue weighted by Crippen LogP contribution is -2.47. The fraction of sp³-hybridized carbons (Fsp3) is 0.333. The van der Waals surface area contributed by atoms with Gasteiger partial charge in [0.15, 0.2) is 0 Å². The Bertz CT molecular complexity index is 1810. The molecule has 2 fully saturated rings. The molecule has 0 saturated carbocycles. The smallest absolute Gasteiger partial charge is 0.237 e. The second kappa shape index (κ2) is 14.6. The summed E-state index contributed by atoms with van der Waals surface area (Å²) >= 11 is 14.1. The van der Waals surface area contributed by atoms with Gasteiger partial charge in [-0.1, -0.05) is 59.6 Å². The molecule has 0 spiro atoms. The number of carbonyl (C=O) groups excluding carboxylic acids is 2. The zero-order valence-corrected chi connectivity index (χ0v) is 27.5. The van der Waals surface area contributed by atoms with Gasteiger partial charge in [0.05, 0.1) is 54.6 Å². The van der Waals surface area contributed by atoms with Crippen molar-refractivity contribution in [1.82, 2.24) is 40.8 Å². The predicted octanol–water partition coefficient (Wildman–Crippen LogP) is 3.89. The van der Waals surface area contributed by atoms with Crippen LogP contribution in [0.1, 0.15) is 24.2 Å². The molecule has 2 amide bonds. The molecule has 2 aromatic carbocycles. The summed E-state index contributed by atoms with van der Waals surface area (Å²) in [6.07, 6.45) is 4.69. The van der Waals surface area contributed by atoms with Crippen molar-refractivity contribution < 1.29 is 19.1 Å². The topological polar surface area (TPSA) is 143 Å². The van der Waals surface area contributed by atoms with Crippen LogP contribution >= 0.6 is 23.2 Å². The minimum Gasteiger partial charge on any atom is -0.480 e. The van der Waals surface area contributed by atoms with E-state index in [0.717, 1.165) is 6.42 Å². The first kappa shape index (κ1) is 32.6. The molecule has 6 rings (SSSR count). The predicted molar refractivity (Wildman–Crippen MR) is 178 cm³/mol. The molecule has 2 aliphatic rings. The third-order valence-corrected chi connectivity index (χ3v) is 8.92. The number of rotatable bonds is 11. The van der Waals surface area contributed by atoms with Gasteiger partial charge in [0.25, 0.3) is 0 Å². The van der Waals surface area contributed by atoms with Gasteiger partial charge in [-0.05, 0) is 6.42 Å². The van der Waals surface area contributed by atoms with Crippen molar-refractivity contribution in [2.24, 2.45) is 0 Å². The second-order valence-electron chi connectivity index (χ2n) is 11.3. The van der Waals surface area contributed by atoms with Gasteiger partial charge in [-0.15, -0.1) is 0 Å². The molecule has 4 heterocycles. The standard InChI is InChI=1S/C33H34Cl2N8O4/c1-46-32-26(14-36-13-19-9-10-28(44)40-19)38-15-24(41-32)22-7-3-5-20(30(22)34)21-6-4-8-23(31(21)35)25-16-39-27(33(42-25)47-2)17-43-12-11-37-29(45)18-43/h3-8,15-16,19,36H,9-14,17-18H2,1-2H3,(H,37,45)(H,40,44)/t19-/m0/s1. The molecule has 47 heavy (non-hydrogen) atoms. The Morgan fingerprint density at radius 3 is 2.04 bits per heavy atom. The van der Waals surface area contributed by atoms with E-state index in [-0.39, 0.29) is 17.9 Å². The summed E-state index contributed by atoms with van der Waals surface area (Å²) in [6, 6.07) is 11.4. The third kappa shape index (κ3) is 7.31. The van der Waals surface area contributed by atoms with E-state index in [1.54, 1.807) is 26.6 Å². The van der Waals surface area contributed by atoms with Crippen molar-refractivity contribution in [2.75, 3.05) is 40.4 Å². The summed E-state index contributed by atoms with van der Waals surface area (Å²) in [5, 5.41) is 10.00. The fourth-order valence-electron chi connectivity index (χ4n) is 5.72. The Morgan fingerprint density at radius 2 is 1.47 bits per heavy atom. The maximum absolute atomic E-state index is 11.8. The zero-order chi connectivity index (χ0) is 32.9. The SMILES string of the molecule is COc1nc(-c2cccc(-c3cccc(-c4cnc(CN5CCNC(=O)C5)c(OC)n4)c3Cl)c2Cl)cnc1CNC[C@@H]1CCC(=O)N1. The number of piperazine rings is 1. The van der Waals surface area contributed by atoms with Gasteiger partial charge in [-0.2, -0.15) is 0 Å². The lowest BCUT2D eigenvalue weighted by molar-refractivity contribution is -0.124. The van der Waals surface area contributed by atoms with E-state index in [2.05, 4.69) is 25.9 Å². The van der Waals surface area contributed by atoms with Crippen molar-refractivity contribution >= 4 is 35.0 Å². The van der Waals surface area contributed by atoms with E-state index >= 15 is 0 Å². The van der Waals surface area contributed by atoms with E-state index in [4.69, 9.17) is 42.6 Å². The van der Waals surface area contributed by atoms with Gasteiger partial charge in [0.2, 0.25) is 23.6 Å². The number of nitrogens with zero attached hydrogens (tertiary/aromatic N) is 5. The van der Waals surface area contributed by atoms with E-state index in [1.807, 2.05) is 41.3 Å². The highest BCUT2D eigenvalue weighted by atomic mass is 35.5. The van der Waals surface area contributed by atoms with Crippen LogP contribution < -0.4 is 25.4 Å². The van der Waals surface area contributed by atoms with Crippen molar-refractivity contribution in [2.45, 2.75) is 32.0 Å². The largest absolute Gasteiger partial charge is 0.480 e. The quantitative estimate of drug-likeness (QED) is 0.214. The first-order valence-corrected chi connectivity index (χ1v) is 16.0. The highest BCUT2D eigenvalue weighted by molar-refractivity contribution is 6.39. The number of hydrogen-bond acceptors (Lipinski definition) is 10. The highest BCUT2D eigenvalue weighted by Gasteiger charge is 2.23. The van der Waals surface area contributed by atoms with Crippen molar-refractivity contribution in [1.29, 1.82) is 0 Å². The second-order valence-corrected chi connectivity index (χ2v) is 12.0. The van der Waals surface area contributed by atoms with Gasteiger partial charge >= 0.3 is 0 Å². The molecule has 2 aromatic heterocycles. The maximum Gasteiger partial charge on any atom is 0.237 e. The zero-order valence-electron chi connectivity index (χ0n) is 26.0. The molecule has 3 N–H and O–H groups in total. The molecule has 14 heteroatoms. The summed E-state index contributed by atoms with van der Waals surface area (Å²) in [5.74, 6) is 0.809. The third-order valence-electron chi connectivity index (χ3n) is 8.11. The Hall–Kier alpha value is -4.36. The van der Waals surface area contributed by atoms with Gasteiger partial charge < -0.3 is 25.4 Å². The van der Waals surface area contributed by atoms with Crippen LogP contribution in [0.3, 0.4) is 0 Å². The van der Waals surface area contributed by atoms with Gasteiger partial charge in [-0.25, -0.2) is 9.97 Å². The van der Waals surface area contributed by atoms with E-state index in [9.17, 15) is 9.59 Å². The molecule has 12 nitrogen and oxygen atoms in total. The van der Waals surface area contributed by atoms with Crippen LogP contribution in [-0.4, -0.2) is 83.1 Å². The summed E-state index contributed by atoms with van der Waals surface area (Å²) in [6.45, 7) is 3.10. The maximum atomic E-state index is 11.8. The van der Waals surface area contributed by atoms with Crippen LogP contribution in [0.25, 0.3) is 33.6 Å². The van der Waals surface area contributed by atoms with E-state index in [1.165, 1.54) is 0 Å². The number of aromatic nitrogens is 4. The fourth-order valence-corrected chi connectivity index (χ4v) is 6.37. The van der Waals surface area contributed by atoms with Crippen LogP contribution in [0.15, 0.2) is 48.8 Å². The molecule has 244 valence electrons. The molecule has 0 unspecified atom stereocenters. The number of halogens is 2. The van der Waals surface area contributed by atoms with Crippen LogP contribution in [0.4, 0.5) is 0 Å². The summed E-state index contributed by atoms with van der Waals surface area (Å²) < 4.78 is 11.2. The summed E-state index contributed by atoms with van der Waals surface area (Å²) in [7, 11) is 3.09. The molecular formula is C33H34Cl2N8O4.